The summed E-state index contributed by atoms with van der Waals surface area (Å²) in [4.78, 5) is 43.2. The van der Waals surface area contributed by atoms with Crippen LogP contribution in [0.1, 0.15) is 29.3 Å². The van der Waals surface area contributed by atoms with Crippen LogP contribution in [0.5, 0.6) is 0 Å². The Morgan fingerprint density at radius 2 is 1.85 bits per heavy atom. The summed E-state index contributed by atoms with van der Waals surface area (Å²) in [5, 5.41) is 8.80. The molecular formula is C29H32Cl2N4O4S2. The second-order valence-corrected chi connectivity index (χ2v) is 13.0. The first-order valence-corrected chi connectivity index (χ1v) is 16.2. The molecule has 0 radical (unpaired) electrons. The van der Waals surface area contributed by atoms with E-state index >= 15 is 0 Å². The van der Waals surface area contributed by atoms with Crippen LogP contribution in [0.4, 0.5) is 0 Å². The molecule has 0 bridgehead atoms. The van der Waals surface area contributed by atoms with E-state index in [1.807, 2.05) is 23.6 Å². The van der Waals surface area contributed by atoms with E-state index in [9.17, 15) is 14.4 Å². The van der Waals surface area contributed by atoms with E-state index in [1.165, 1.54) is 16.7 Å². The maximum absolute atomic E-state index is 13.5. The van der Waals surface area contributed by atoms with Crippen molar-refractivity contribution in [2.24, 2.45) is 0 Å². The molecule has 2 N–H and O–H groups in total. The van der Waals surface area contributed by atoms with Crippen molar-refractivity contribution in [1.29, 1.82) is 0 Å². The number of morpholine rings is 1. The van der Waals surface area contributed by atoms with E-state index in [4.69, 9.17) is 27.9 Å². The molecule has 0 saturated carbocycles. The molecule has 2 fully saturated rings. The van der Waals surface area contributed by atoms with Crippen LogP contribution < -0.4 is 10.6 Å². The molecule has 0 aliphatic carbocycles. The quantitative estimate of drug-likeness (QED) is 0.297. The summed E-state index contributed by atoms with van der Waals surface area (Å²) in [6.07, 6.45) is 0.814. The molecule has 41 heavy (non-hydrogen) atoms. The lowest BCUT2D eigenvalue weighted by Crippen LogP contribution is -2.42. The fraction of sp³-hybridized carbons (Fsp3) is 0.414. The molecule has 2 atom stereocenters. The minimum Gasteiger partial charge on any atom is -0.379 e. The maximum Gasteiger partial charge on any atom is 0.239 e. The summed E-state index contributed by atoms with van der Waals surface area (Å²) in [6, 6.07) is 13.2. The van der Waals surface area contributed by atoms with Gasteiger partial charge in [-0.1, -0.05) is 47.5 Å². The largest absolute Gasteiger partial charge is 0.379 e. The molecule has 1 aromatic heterocycles. The Bertz CT molecular complexity index is 1400. The van der Waals surface area contributed by atoms with Gasteiger partial charge in [0.2, 0.25) is 17.7 Å². The fourth-order valence-corrected chi connectivity index (χ4v) is 8.02. The number of nitrogens with one attached hydrogen (secondary N) is 2. The van der Waals surface area contributed by atoms with Crippen molar-refractivity contribution in [3.05, 3.63) is 69.0 Å². The summed E-state index contributed by atoms with van der Waals surface area (Å²) in [7, 11) is 0. The molecule has 3 aromatic rings. The van der Waals surface area contributed by atoms with E-state index in [0.717, 1.165) is 54.9 Å². The number of halogens is 2. The van der Waals surface area contributed by atoms with Gasteiger partial charge in [-0.25, -0.2) is 0 Å². The third-order valence-electron chi connectivity index (χ3n) is 7.16. The van der Waals surface area contributed by atoms with Crippen molar-refractivity contribution in [3.63, 3.8) is 0 Å². The van der Waals surface area contributed by atoms with Crippen molar-refractivity contribution in [3.8, 4) is 0 Å². The van der Waals surface area contributed by atoms with Gasteiger partial charge >= 0.3 is 0 Å². The highest BCUT2D eigenvalue weighted by atomic mass is 35.5. The van der Waals surface area contributed by atoms with Crippen LogP contribution in [0.15, 0.2) is 47.8 Å². The van der Waals surface area contributed by atoms with E-state index < -0.39 is 10.6 Å². The van der Waals surface area contributed by atoms with Gasteiger partial charge in [-0.05, 0) is 47.5 Å². The van der Waals surface area contributed by atoms with Crippen LogP contribution in [-0.4, -0.2) is 78.7 Å². The summed E-state index contributed by atoms with van der Waals surface area (Å²) in [6.45, 7) is 4.93. The summed E-state index contributed by atoms with van der Waals surface area (Å²) < 4.78 is 6.54. The third kappa shape index (κ3) is 7.74. The molecule has 12 heteroatoms. The number of carbonyl (C=O) groups excluding carboxylic acids is 3. The number of hydrogen-bond donors (Lipinski definition) is 2. The van der Waals surface area contributed by atoms with Gasteiger partial charge in [0, 0.05) is 52.9 Å². The Labute approximate surface area is 257 Å². The van der Waals surface area contributed by atoms with Gasteiger partial charge in [-0.3, -0.25) is 19.3 Å². The first-order valence-electron chi connectivity index (χ1n) is 13.6. The van der Waals surface area contributed by atoms with Crippen LogP contribution in [0.2, 0.25) is 10.0 Å². The van der Waals surface area contributed by atoms with Crippen molar-refractivity contribution >= 4 is 74.1 Å². The lowest BCUT2D eigenvalue weighted by atomic mass is 10.1. The Morgan fingerprint density at radius 1 is 1.05 bits per heavy atom. The van der Waals surface area contributed by atoms with Gasteiger partial charge in [0.25, 0.3) is 0 Å². The molecule has 5 rings (SSSR count). The summed E-state index contributed by atoms with van der Waals surface area (Å²) >= 11 is 15.6. The van der Waals surface area contributed by atoms with Crippen LogP contribution in [0, 0.1) is 0 Å². The first kappa shape index (κ1) is 30.1. The number of amides is 3. The average molecular weight is 636 g/mol. The van der Waals surface area contributed by atoms with Gasteiger partial charge in [-0.15, -0.1) is 23.1 Å². The molecule has 2 aliphatic heterocycles. The second kappa shape index (κ2) is 14.2. The third-order valence-corrected chi connectivity index (χ3v) is 10.2. The van der Waals surface area contributed by atoms with Gasteiger partial charge in [-0.2, -0.15) is 0 Å². The Morgan fingerprint density at radius 3 is 2.66 bits per heavy atom. The molecule has 2 saturated heterocycles. The molecule has 0 unspecified atom stereocenters. The zero-order valence-corrected chi connectivity index (χ0v) is 25.6. The van der Waals surface area contributed by atoms with Crippen molar-refractivity contribution in [1.82, 2.24) is 20.4 Å². The molecular weight excluding hydrogens is 603 g/mol. The number of thioether (sulfide) groups is 1. The zero-order chi connectivity index (χ0) is 28.8. The van der Waals surface area contributed by atoms with E-state index in [-0.39, 0.29) is 30.7 Å². The van der Waals surface area contributed by atoms with Gasteiger partial charge < -0.3 is 20.3 Å². The van der Waals surface area contributed by atoms with Crippen molar-refractivity contribution < 1.29 is 19.1 Å². The molecule has 8 nitrogen and oxygen atoms in total. The number of hydrogen-bond acceptors (Lipinski definition) is 7. The number of fused-ring (bicyclic) bond motifs is 1. The predicted octanol–water partition coefficient (Wildman–Crippen LogP) is 4.70. The van der Waals surface area contributed by atoms with E-state index in [0.29, 0.717) is 28.7 Å². The summed E-state index contributed by atoms with van der Waals surface area (Å²) in [5.41, 5.74) is 1.73. The van der Waals surface area contributed by atoms with E-state index in [2.05, 4.69) is 21.6 Å². The number of benzene rings is 2. The minimum atomic E-state index is -0.639. The number of thiophene rings is 1. The summed E-state index contributed by atoms with van der Waals surface area (Å²) in [5.74, 6) is -0.724. The second-order valence-electron chi connectivity index (χ2n) is 10.0. The maximum atomic E-state index is 13.5. The fourth-order valence-electron chi connectivity index (χ4n) is 5.00. The monoisotopic (exact) mass is 634 g/mol. The van der Waals surface area contributed by atoms with Gasteiger partial charge in [0.05, 0.1) is 18.5 Å². The Hall–Kier alpha value is -2.34. The van der Waals surface area contributed by atoms with Crippen LogP contribution >= 0.6 is 46.3 Å². The standard InChI is InChI=1S/C29H32Cl2N4O4S2/c30-20-6-7-22(23(31)14-20)29-35(17-27(37)32-8-3-9-34-10-12-39-13-11-34)28(38)25(41-29)15-26(36)33-16-19-18-40-24-5-2-1-4-21(19)24/h1-2,4-7,14,18,25,29H,3,8-13,15-17H2,(H,32,37)(H,33,36)/t25-,29-/m1/s1. The van der Waals surface area contributed by atoms with Gasteiger partial charge in [0.15, 0.2) is 0 Å². The lowest BCUT2D eigenvalue weighted by Gasteiger charge is -2.26. The predicted molar refractivity (Wildman–Crippen MR) is 165 cm³/mol. The van der Waals surface area contributed by atoms with Crippen LogP contribution in [0.25, 0.3) is 10.1 Å². The zero-order valence-electron chi connectivity index (χ0n) is 22.4. The van der Waals surface area contributed by atoms with Crippen LogP contribution in [-0.2, 0) is 25.7 Å². The highest BCUT2D eigenvalue weighted by Crippen LogP contribution is 2.46. The lowest BCUT2D eigenvalue weighted by molar-refractivity contribution is -0.136. The van der Waals surface area contributed by atoms with Crippen molar-refractivity contribution in [2.75, 3.05) is 45.9 Å². The van der Waals surface area contributed by atoms with Gasteiger partial charge in [0.1, 0.15) is 11.9 Å². The molecule has 3 amide bonds. The molecule has 0 spiro atoms. The first-order chi connectivity index (χ1) is 19.9. The normalized spacial score (nSPS) is 19.6. The Kier molecular flexibility index (Phi) is 10.4. The highest BCUT2D eigenvalue weighted by molar-refractivity contribution is 8.01. The van der Waals surface area contributed by atoms with Crippen LogP contribution in [0.3, 0.4) is 0 Å². The topological polar surface area (TPSA) is 91.0 Å². The number of nitrogens with zero attached hydrogens (tertiary/aromatic N) is 2. The average Bonchev–Trinajstić information content (AvgIpc) is 3.51. The number of carbonyl (C=O) groups is 3. The SMILES string of the molecule is O=C(C[C@H]1S[C@H](c2ccc(Cl)cc2Cl)N(CC(=O)NCCCN2CCOCC2)C1=O)NCc1csc2ccccc12. The Balaban J connectivity index is 1.20. The molecule has 2 aliphatic rings. The number of ether oxygens (including phenoxy) is 1. The molecule has 2 aromatic carbocycles. The van der Waals surface area contributed by atoms with E-state index in [1.54, 1.807) is 29.5 Å². The number of rotatable bonds is 11. The van der Waals surface area contributed by atoms with Crippen molar-refractivity contribution in [2.45, 2.75) is 30.0 Å². The molecule has 218 valence electrons. The highest BCUT2D eigenvalue weighted by Gasteiger charge is 2.43. The molecule has 3 heterocycles. The smallest absolute Gasteiger partial charge is 0.239 e. The minimum absolute atomic E-state index is 0.00491.